The van der Waals surface area contributed by atoms with Gasteiger partial charge in [0, 0.05) is 39.0 Å². The van der Waals surface area contributed by atoms with E-state index >= 15 is 0 Å². The fraction of sp³-hybridized carbons (Fsp3) is 0. The molecule has 5 nitrogen and oxygen atoms in total. The first-order valence-electron chi connectivity index (χ1n) is 15.4. The second kappa shape index (κ2) is 9.58. The third-order valence-corrected chi connectivity index (χ3v) is 9.17. The van der Waals surface area contributed by atoms with Gasteiger partial charge in [0.05, 0.1) is 45.0 Å². The molecule has 10 aromatic rings. The predicted molar refractivity (Wildman–Crippen MR) is 189 cm³/mol. The van der Waals surface area contributed by atoms with Crippen LogP contribution in [0.1, 0.15) is 0 Å². The molecule has 6 aromatic carbocycles. The molecule has 4 heterocycles. The highest BCUT2D eigenvalue weighted by molar-refractivity contribution is 6.15. The van der Waals surface area contributed by atoms with Crippen molar-refractivity contribution in [2.24, 2.45) is 0 Å². The van der Waals surface area contributed by atoms with Gasteiger partial charge in [0.2, 0.25) is 0 Å². The topological polar surface area (TPSA) is 48.5 Å². The van der Waals surface area contributed by atoms with Crippen LogP contribution < -0.4 is 0 Å². The molecule has 0 fully saturated rings. The number of hydrogen-bond donors (Lipinski definition) is 0. The summed E-state index contributed by atoms with van der Waals surface area (Å²) in [5.74, 6) is 0.899. The minimum Gasteiger partial charge on any atom is -0.309 e. The van der Waals surface area contributed by atoms with Gasteiger partial charge in [-0.3, -0.25) is 9.55 Å². The average molecular weight is 588 g/mol. The Morgan fingerprint density at radius 3 is 2.02 bits per heavy atom. The monoisotopic (exact) mass is 587 g/mol. The Morgan fingerprint density at radius 2 is 1.13 bits per heavy atom. The summed E-state index contributed by atoms with van der Waals surface area (Å²) in [5, 5.41) is 7.26. The first-order chi connectivity index (χ1) is 22.8. The predicted octanol–water partition coefficient (Wildman–Crippen LogP) is 10.0. The maximum atomic E-state index is 4.98. The van der Waals surface area contributed by atoms with Gasteiger partial charge in [0.15, 0.2) is 0 Å². The molecule has 0 aliphatic heterocycles. The van der Waals surface area contributed by atoms with Crippen molar-refractivity contribution < 1.29 is 0 Å². The van der Waals surface area contributed by atoms with Gasteiger partial charge in [0.25, 0.3) is 0 Å². The molecular weight excluding hydrogens is 562 g/mol. The molecular formula is C41H25N5. The normalized spacial score (nSPS) is 11.9. The van der Waals surface area contributed by atoms with Gasteiger partial charge in [-0.05, 0) is 71.4 Å². The van der Waals surface area contributed by atoms with E-state index < -0.39 is 0 Å². The maximum absolute atomic E-state index is 4.98. The van der Waals surface area contributed by atoms with E-state index in [4.69, 9.17) is 15.0 Å². The largest absolute Gasteiger partial charge is 0.309 e. The number of benzene rings is 6. The van der Waals surface area contributed by atoms with Crippen LogP contribution in [-0.4, -0.2) is 24.1 Å². The molecule has 0 saturated heterocycles. The number of nitrogens with zero attached hydrogens (tertiary/aromatic N) is 5. The SMILES string of the molecule is c1ccc(-n2c3ccccc3c3ccc(-n4c5cc(-c6cnc7ccccc7n6)ccc5c5cc6ccccc6cc54)cc32)nc1. The van der Waals surface area contributed by atoms with E-state index in [0.29, 0.717) is 0 Å². The van der Waals surface area contributed by atoms with Gasteiger partial charge in [0.1, 0.15) is 5.82 Å². The van der Waals surface area contributed by atoms with Gasteiger partial charge < -0.3 is 4.57 Å². The van der Waals surface area contributed by atoms with Crippen molar-refractivity contribution in [3.63, 3.8) is 0 Å². The number of aromatic nitrogens is 5. The second-order valence-electron chi connectivity index (χ2n) is 11.8. The van der Waals surface area contributed by atoms with Crippen LogP contribution in [0.5, 0.6) is 0 Å². The number of fused-ring (bicyclic) bond motifs is 8. The van der Waals surface area contributed by atoms with Crippen LogP contribution in [-0.2, 0) is 0 Å². The molecule has 0 unspecified atom stereocenters. The van der Waals surface area contributed by atoms with Crippen LogP contribution >= 0.6 is 0 Å². The summed E-state index contributed by atoms with van der Waals surface area (Å²) in [6, 6.07) is 49.4. The molecule has 0 bridgehead atoms. The van der Waals surface area contributed by atoms with Crippen LogP contribution in [0.3, 0.4) is 0 Å². The lowest BCUT2D eigenvalue weighted by molar-refractivity contribution is 1.08. The smallest absolute Gasteiger partial charge is 0.137 e. The Morgan fingerprint density at radius 1 is 0.435 bits per heavy atom. The molecule has 46 heavy (non-hydrogen) atoms. The molecule has 0 N–H and O–H groups in total. The van der Waals surface area contributed by atoms with Gasteiger partial charge >= 0.3 is 0 Å². The summed E-state index contributed by atoms with van der Waals surface area (Å²) in [5.41, 5.74) is 9.29. The summed E-state index contributed by atoms with van der Waals surface area (Å²) < 4.78 is 4.67. The van der Waals surface area contributed by atoms with E-state index in [1.165, 1.54) is 32.3 Å². The zero-order valence-electron chi connectivity index (χ0n) is 24.7. The molecule has 0 saturated carbocycles. The third kappa shape index (κ3) is 3.66. The number of pyridine rings is 1. The van der Waals surface area contributed by atoms with Gasteiger partial charge in [-0.1, -0.05) is 78.9 Å². The Bertz CT molecular complexity index is 2810. The summed E-state index contributed by atoms with van der Waals surface area (Å²) in [6.07, 6.45) is 3.73. The zero-order chi connectivity index (χ0) is 30.2. The Balaban J connectivity index is 1.29. The number of rotatable bonds is 3. The highest BCUT2D eigenvalue weighted by Crippen LogP contribution is 2.39. The van der Waals surface area contributed by atoms with Gasteiger partial charge in [-0.2, -0.15) is 0 Å². The van der Waals surface area contributed by atoms with Crippen molar-refractivity contribution in [2.75, 3.05) is 0 Å². The second-order valence-corrected chi connectivity index (χ2v) is 11.8. The van der Waals surface area contributed by atoms with Crippen LogP contribution in [0.4, 0.5) is 0 Å². The molecule has 0 aliphatic carbocycles. The van der Waals surface area contributed by atoms with Gasteiger partial charge in [-0.15, -0.1) is 0 Å². The molecule has 0 spiro atoms. The van der Waals surface area contributed by atoms with Crippen molar-refractivity contribution in [2.45, 2.75) is 0 Å². The van der Waals surface area contributed by atoms with Crippen LogP contribution in [0.25, 0.3) is 88.2 Å². The first kappa shape index (κ1) is 25.0. The minimum absolute atomic E-state index is 0.855. The van der Waals surface area contributed by atoms with Gasteiger partial charge in [-0.25, -0.2) is 9.97 Å². The molecule has 0 radical (unpaired) electrons. The Labute approximate surface area is 263 Å². The maximum Gasteiger partial charge on any atom is 0.137 e. The fourth-order valence-corrected chi connectivity index (χ4v) is 7.07. The van der Waals surface area contributed by atoms with E-state index in [9.17, 15) is 0 Å². The standard InChI is InChI=1S/C41H25N5/c1-2-10-27-22-39-33(21-26(27)9-1)32-18-16-28(36-25-43-34-12-4-5-13-35(34)44-36)23-38(32)45(39)29-17-19-31-30-11-3-6-14-37(30)46(40(31)24-29)41-15-7-8-20-42-41/h1-25H. The summed E-state index contributed by atoms with van der Waals surface area (Å²) >= 11 is 0. The van der Waals surface area contributed by atoms with Crippen molar-refractivity contribution >= 4 is 65.4 Å². The zero-order valence-corrected chi connectivity index (χ0v) is 24.7. The molecule has 0 aliphatic rings. The third-order valence-electron chi connectivity index (χ3n) is 9.17. The molecule has 10 rings (SSSR count). The van der Waals surface area contributed by atoms with E-state index in [-0.39, 0.29) is 0 Å². The molecule has 214 valence electrons. The highest BCUT2D eigenvalue weighted by atomic mass is 15.1. The van der Waals surface area contributed by atoms with Crippen molar-refractivity contribution in [1.82, 2.24) is 24.1 Å². The molecule has 5 heteroatoms. The first-order valence-corrected chi connectivity index (χ1v) is 15.4. The number of hydrogen-bond acceptors (Lipinski definition) is 3. The van der Waals surface area contributed by atoms with E-state index in [1.54, 1.807) is 0 Å². The van der Waals surface area contributed by atoms with Crippen molar-refractivity contribution in [3.8, 4) is 22.8 Å². The Hall–Kier alpha value is -6.33. The summed E-state index contributed by atoms with van der Waals surface area (Å²) in [7, 11) is 0. The van der Waals surface area contributed by atoms with Crippen LogP contribution in [0, 0.1) is 0 Å². The molecule has 0 atom stereocenters. The summed E-state index contributed by atoms with van der Waals surface area (Å²) in [4.78, 5) is 14.5. The van der Waals surface area contributed by atoms with Crippen LogP contribution in [0.15, 0.2) is 152 Å². The lowest BCUT2D eigenvalue weighted by Gasteiger charge is -2.11. The van der Waals surface area contributed by atoms with E-state index in [2.05, 4.69) is 112 Å². The lowest BCUT2D eigenvalue weighted by atomic mass is 10.0. The quantitative estimate of drug-likeness (QED) is 0.207. The summed E-state index contributed by atoms with van der Waals surface area (Å²) in [6.45, 7) is 0. The Kier molecular flexibility index (Phi) is 5.22. The van der Waals surface area contributed by atoms with Crippen LogP contribution in [0.2, 0.25) is 0 Å². The lowest BCUT2D eigenvalue weighted by Crippen LogP contribution is -1.98. The van der Waals surface area contributed by atoms with Crippen molar-refractivity contribution in [1.29, 1.82) is 0 Å². The highest BCUT2D eigenvalue weighted by Gasteiger charge is 2.18. The van der Waals surface area contributed by atoms with Crippen molar-refractivity contribution in [3.05, 3.63) is 152 Å². The molecule has 0 amide bonds. The number of para-hydroxylation sites is 3. The van der Waals surface area contributed by atoms with E-state index in [0.717, 1.165) is 55.9 Å². The average Bonchev–Trinajstić information content (AvgIpc) is 3.62. The fourth-order valence-electron chi connectivity index (χ4n) is 7.07. The minimum atomic E-state index is 0.855. The molecule has 4 aromatic heterocycles. The van der Waals surface area contributed by atoms with E-state index in [1.807, 2.05) is 48.8 Å².